The summed E-state index contributed by atoms with van der Waals surface area (Å²) in [6, 6.07) is 2.09. The van der Waals surface area contributed by atoms with Gasteiger partial charge in [0, 0.05) is 19.3 Å². The first-order valence-electron chi connectivity index (χ1n) is 3.93. The lowest BCUT2D eigenvalue weighted by atomic mass is 10.6. The van der Waals surface area contributed by atoms with E-state index in [9.17, 15) is 0 Å². The summed E-state index contributed by atoms with van der Waals surface area (Å²) in [5.74, 6) is 1.24. The average Bonchev–Trinajstić information content (AvgIpc) is 2.76. The molecule has 0 aliphatic heterocycles. The van der Waals surface area contributed by atoms with Crippen molar-refractivity contribution in [1.82, 2.24) is 20.0 Å². The van der Waals surface area contributed by atoms with Crippen molar-refractivity contribution in [2.75, 3.05) is 5.32 Å². The van der Waals surface area contributed by atoms with Crippen molar-refractivity contribution in [3.8, 4) is 0 Å². The molecule has 0 spiro atoms. The average molecular weight is 214 g/mol. The topological polar surface area (TPSA) is 68.8 Å². The first-order chi connectivity index (χ1) is 6.78. The Morgan fingerprint density at radius 2 is 2.43 bits per heavy atom. The van der Waals surface area contributed by atoms with E-state index in [0.29, 0.717) is 17.7 Å². The Kier molecular flexibility index (Phi) is 2.36. The van der Waals surface area contributed by atoms with Crippen LogP contribution >= 0.6 is 11.6 Å². The summed E-state index contributed by atoms with van der Waals surface area (Å²) in [6.45, 7) is 0. The third kappa shape index (κ3) is 1.85. The molecule has 2 aromatic rings. The van der Waals surface area contributed by atoms with Crippen LogP contribution in [0.1, 0.15) is 5.89 Å². The molecule has 14 heavy (non-hydrogen) atoms. The molecule has 0 aliphatic rings. The van der Waals surface area contributed by atoms with Crippen LogP contribution in [0.3, 0.4) is 0 Å². The van der Waals surface area contributed by atoms with Gasteiger partial charge in [-0.2, -0.15) is 5.10 Å². The highest BCUT2D eigenvalue weighted by Crippen LogP contribution is 2.13. The number of halogens is 1. The van der Waals surface area contributed by atoms with Gasteiger partial charge >= 0.3 is 6.01 Å². The summed E-state index contributed by atoms with van der Waals surface area (Å²) < 4.78 is 6.80. The monoisotopic (exact) mass is 213 g/mol. The van der Waals surface area contributed by atoms with Crippen LogP contribution in [0.15, 0.2) is 16.7 Å². The molecule has 2 aromatic heterocycles. The molecule has 0 unspecified atom stereocenters. The van der Waals surface area contributed by atoms with E-state index < -0.39 is 0 Å². The van der Waals surface area contributed by atoms with E-state index in [2.05, 4.69) is 20.6 Å². The quantitative estimate of drug-likeness (QED) is 0.778. The maximum Gasteiger partial charge on any atom is 0.321 e. The predicted octanol–water partition coefficient (Wildman–Crippen LogP) is 1.29. The standard InChI is InChI=1S/C7H8ClN5O/c1-13-3-2-5(12-13)9-7-11-10-6(4-8)14-7/h2-3H,4H2,1H3,(H,9,11,12). The first kappa shape index (κ1) is 9.01. The molecule has 2 heterocycles. The maximum absolute atomic E-state index is 5.50. The molecule has 0 amide bonds. The smallest absolute Gasteiger partial charge is 0.321 e. The summed E-state index contributed by atoms with van der Waals surface area (Å²) in [7, 11) is 1.82. The Bertz CT molecular complexity index is 423. The number of nitrogens with one attached hydrogen (secondary N) is 1. The molecule has 0 saturated heterocycles. The maximum atomic E-state index is 5.50. The normalized spacial score (nSPS) is 10.4. The van der Waals surface area contributed by atoms with E-state index in [4.69, 9.17) is 16.0 Å². The zero-order valence-electron chi connectivity index (χ0n) is 7.44. The molecule has 74 valence electrons. The highest BCUT2D eigenvalue weighted by molar-refractivity contribution is 6.16. The zero-order chi connectivity index (χ0) is 9.97. The van der Waals surface area contributed by atoms with Gasteiger partial charge < -0.3 is 4.42 Å². The summed E-state index contributed by atoms with van der Waals surface area (Å²) in [5.41, 5.74) is 0. The Morgan fingerprint density at radius 3 is 3.00 bits per heavy atom. The fraction of sp³-hybridized carbons (Fsp3) is 0.286. The molecule has 0 atom stereocenters. The van der Waals surface area contributed by atoms with Crippen LogP contribution in [-0.2, 0) is 12.9 Å². The fourth-order valence-electron chi connectivity index (χ4n) is 0.949. The largest absolute Gasteiger partial charge is 0.407 e. The molecule has 0 saturated carbocycles. The SMILES string of the molecule is Cn1ccc(Nc2nnc(CCl)o2)n1. The fourth-order valence-corrected chi connectivity index (χ4v) is 1.06. The van der Waals surface area contributed by atoms with Crippen LogP contribution in [0.25, 0.3) is 0 Å². The number of nitrogens with zero attached hydrogens (tertiary/aromatic N) is 4. The van der Waals surface area contributed by atoms with E-state index in [-0.39, 0.29) is 5.88 Å². The zero-order valence-corrected chi connectivity index (χ0v) is 8.19. The first-order valence-corrected chi connectivity index (χ1v) is 4.46. The lowest BCUT2D eigenvalue weighted by Crippen LogP contribution is -1.93. The molecule has 0 fully saturated rings. The molecule has 0 bridgehead atoms. The highest BCUT2D eigenvalue weighted by Gasteiger charge is 2.05. The number of alkyl halides is 1. The number of aromatic nitrogens is 4. The van der Waals surface area contributed by atoms with Crippen LogP contribution in [0, 0.1) is 0 Å². The Balaban J connectivity index is 2.10. The van der Waals surface area contributed by atoms with Crippen molar-refractivity contribution in [2.45, 2.75) is 5.88 Å². The summed E-state index contributed by atoms with van der Waals surface area (Å²) >= 11 is 5.50. The van der Waals surface area contributed by atoms with Crippen LogP contribution in [0.5, 0.6) is 0 Å². The number of hydrogen-bond acceptors (Lipinski definition) is 5. The third-order valence-corrected chi connectivity index (χ3v) is 1.76. The van der Waals surface area contributed by atoms with E-state index in [0.717, 1.165) is 0 Å². The lowest BCUT2D eigenvalue weighted by molar-refractivity contribution is 0.529. The molecular formula is C7H8ClN5O. The van der Waals surface area contributed by atoms with Crippen LogP contribution in [0.4, 0.5) is 11.8 Å². The van der Waals surface area contributed by atoms with Gasteiger partial charge in [0.25, 0.3) is 0 Å². The predicted molar refractivity (Wildman–Crippen MR) is 50.3 cm³/mol. The van der Waals surface area contributed by atoms with Crippen molar-refractivity contribution in [3.63, 3.8) is 0 Å². The second kappa shape index (κ2) is 3.67. The van der Waals surface area contributed by atoms with E-state index in [1.165, 1.54) is 0 Å². The number of aryl methyl sites for hydroxylation is 1. The lowest BCUT2D eigenvalue weighted by Gasteiger charge is -1.93. The van der Waals surface area contributed by atoms with Crippen molar-refractivity contribution >= 4 is 23.4 Å². The van der Waals surface area contributed by atoms with Crippen molar-refractivity contribution < 1.29 is 4.42 Å². The summed E-state index contributed by atoms with van der Waals surface area (Å²) in [4.78, 5) is 0. The van der Waals surface area contributed by atoms with Crippen LogP contribution < -0.4 is 5.32 Å². The third-order valence-electron chi connectivity index (χ3n) is 1.53. The molecule has 7 heteroatoms. The van der Waals surface area contributed by atoms with Gasteiger partial charge in [-0.15, -0.1) is 16.7 Å². The van der Waals surface area contributed by atoms with E-state index in [1.807, 2.05) is 7.05 Å². The van der Waals surface area contributed by atoms with Gasteiger partial charge in [-0.3, -0.25) is 10.00 Å². The second-order valence-corrected chi connectivity index (χ2v) is 2.90. The van der Waals surface area contributed by atoms with Crippen molar-refractivity contribution in [1.29, 1.82) is 0 Å². The number of rotatable bonds is 3. The highest BCUT2D eigenvalue weighted by atomic mass is 35.5. The van der Waals surface area contributed by atoms with Gasteiger partial charge in [0.15, 0.2) is 5.82 Å². The molecule has 0 aromatic carbocycles. The Labute approximate surface area is 84.9 Å². The van der Waals surface area contributed by atoms with Gasteiger partial charge in [0.1, 0.15) is 5.88 Å². The van der Waals surface area contributed by atoms with Crippen molar-refractivity contribution in [3.05, 3.63) is 18.2 Å². The summed E-state index contributed by atoms with van der Waals surface area (Å²) in [5, 5.41) is 14.4. The molecule has 2 rings (SSSR count). The number of hydrogen-bond donors (Lipinski definition) is 1. The Morgan fingerprint density at radius 1 is 1.57 bits per heavy atom. The molecule has 0 aliphatic carbocycles. The van der Waals surface area contributed by atoms with Gasteiger partial charge in [0.2, 0.25) is 5.89 Å². The molecule has 6 nitrogen and oxygen atoms in total. The summed E-state index contributed by atoms with van der Waals surface area (Å²) in [6.07, 6.45) is 1.81. The van der Waals surface area contributed by atoms with Gasteiger partial charge in [-0.05, 0) is 0 Å². The minimum Gasteiger partial charge on any atom is -0.407 e. The van der Waals surface area contributed by atoms with Crippen molar-refractivity contribution in [2.24, 2.45) is 7.05 Å². The van der Waals surface area contributed by atoms with E-state index >= 15 is 0 Å². The van der Waals surface area contributed by atoms with Gasteiger partial charge in [-0.1, -0.05) is 5.10 Å². The van der Waals surface area contributed by atoms with Crippen LogP contribution in [-0.4, -0.2) is 20.0 Å². The minimum atomic E-state index is 0.205. The van der Waals surface area contributed by atoms with Gasteiger partial charge in [-0.25, -0.2) is 0 Å². The minimum absolute atomic E-state index is 0.205. The number of anilines is 2. The van der Waals surface area contributed by atoms with E-state index in [1.54, 1.807) is 16.9 Å². The second-order valence-electron chi connectivity index (χ2n) is 2.63. The van der Waals surface area contributed by atoms with Crippen LogP contribution in [0.2, 0.25) is 0 Å². The molecular weight excluding hydrogens is 206 g/mol. The molecule has 0 radical (unpaired) electrons. The Hall–Kier alpha value is -1.56. The van der Waals surface area contributed by atoms with Gasteiger partial charge in [0.05, 0.1) is 0 Å². The molecule has 1 N–H and O–H groups in total.